The van der Waals surface area contributed by atoms with E-state index in [9.17, 15) is 0 Å². The minimum atomic E-state index is 0.0920. The average molecular weight is 172 g/mol. The number of nitrogens with two attached hydrogens (primary N) is 1. The Balaban J connectivity index is 2.44. The van der Waals surface area contributed by atoms with Crippen molar-refractivity contribution >= 4 is 0 Å². The van der Waals surface area contributed by atoms with Crippen molar-refractivity contribution in [2.75, 3.05) is 26.2 Å². The van der Waals surface area contributed by atoms with Crippen molar-refractivity contribution in [1.82, 2.24) is 5.32 Å². The van der Waals surface area contributed by atoms with E-state index in [-0.39, 0.29) is 5.60 Å². The van der Waals surface area contributed by atoms with Gasteiger partial charge in [0.1, 0.15) is 0 Å². The summed E-state index contributed by atoms with van der Waals surface area (Å²) in [6.45, 7) is 5.74. The first-order valence-corrected chi connectivity index (χ1v) is 4.88. The molecule has 3 nitrogen and oxygen atoms in total. The lowest BCUT2D eigenvalue weighted by atomic mass is 9.89. The molecule has 1 aliphatic rings. The molecule has 1 saturated heterocycles. The molecule has 1 fully saturated rings. The minimum absolute atomic E-state index is 0.0920. The highest BCUT2D eigenvalue weighted by Gasteiger charge is 2.31. The number of nitrogens with one attached hydrogen (secondary N) is 1. The predicted octanol–water partition coefficient (Wildman–Crippen LogP) is 0.494. The van der Waals surface area contributed by atoms with Gasteiger partial charge in [0.2, 0.25) is 0 Å². The van der Waals surface area contributed by atoms with Gasteiger partial charge in [0, 0.05) is 6.61 Å². The Morgan fingerprint density at radius 3 is 2.58 bits per heavy atom. The number of ether oxygens (including phenoxy) is 1. The van der Waals surface area contributed by atoms with E-state index >= 15 is 0 Å². The summed E-state index contributed by atoms with van der Waals surface area (Å²) in [6.07, 6.45) is 3.22. The summed E-state index contributed by atoms with van der Waals surface area (Å²) in [5, 5.41) is 3.34. The molecule has 1 heterocycles. The van der Waals surface area contributed by atoms with E-state index in [1.165, 1.54) is 0 Å². The van der Waals surface area contributed by atoms with Gasteiger partial charge >= 0.3 is 0 Å². The standard InChI is InChI=1S/C9H20N2O/c1-2-12-9(3-6-10)4-7-11-8-5-9/h11H,2-8,10H2,1H3. The molecule has 0 unspecified atom stereocenters. The lowest BCUT2D eigenvalue weighted by Gasteiger charge is -2.37. The van der Waals surface area contributed by atoms with Crippen LogP contribution in [0.2, 0.25) is 0 Å². The third-order valence-corrected chi connectivity index (χ3v) is 2.57. The summed E-state index contributed by atoms with van der Waals surface area (Å²) in [5.74, 6) is 0. The van der Waals surface area contributed by atoms with Crippen molar-refractivity contribution in [2.24, 2.45) is 5.73 Å². The quantitative estimate of drug-likeness (QED) is 0.649. The Morgan fingerprint density at radius 1 is 1.42 bits per heavy atom. The molecule has 0 amide bonds. The SMILES string of the molecule is CCOC1(CCN)CCNCC1. The third kappa shape index (κ3) is 2.44. The molecule has 1 rings (SSSR count). The zero-order chi connectivity index (χ0) is 8.86. The zero-order valence-corrected chi connectivity index (χ0v) is 7.94. The molecule has 0 spiro atoms. The maximum atomic E-state index is 5.79. The van der Waals surface area contributed by atoms with E-state index in [2.05, 4.69) is 12.2 Å². The molecule has 3 N–H and O–H groups in total. The van der Waals surface area contributed by atoms with Gasteiger partial charge in [-0.1, -0.05) is 0 Å². The van der Waals surface area contributed by atoms with Crippen LogP contribution in [-0.2, 0) is 4.74 Å². The summed E-state index contributed by atoms with van der Waals surface area (Å²) in [6, 6.07) is 0. The van der Waals surface area contributed by atoms with Crippen LogP contribution in [0.15, 0.2) is 0 Å². The van der Waals surface area contributed by atoms with Crippen LogP contribution >= 0.6 is 0 Å². The van der Waals surface area contributed by atoms with Crippen molar-refractivity contribution < 1.29 is 4.74 Å². The Morgan fingerprint density at radius 2 is 2.08 bits per heavy atom. The normalized spacial score (nSPS) is 22.5. The lowest BCUT2D eigenvalue weighted by molar-refractivity contribution is -0.0638. The summed E-state index contributed by atoms with van der Waals surface area (Å²) >= 11 is 0. The molecule has 0 bridgehead atoms. The maximum Gasteiger partial charge on any atom is 0.0718 e. The number of hydrogen-bond acceptors (Lipinski definition) is 3. The molecular weight excluding hydrogens is 152 g/mol. The summed E-state index contributed by atoms with van der Waals surface area (Å²) < 4.78 is 5.79. The molecule has 3 heteroatoms. The van der Waals surface area contributed by atoms with Gasteiger partial charge in [-0.15, -0.1) is 0 Å². The summed E-state index contributed by atoms with van der Waals surface area (Å²) in [5.41, 5.74) is 5.67. The second-order valence-corrected chi connectivity index (χ2v) is 3.40. The van der Waals surface area contributed by atoms with Crippen LogP contribution < -0.4 is 11.1 Å². The maximum absolute atomic E-state index is 5.79. The molecule has 0 aromatic carbocycles. The molecule has 1 aliphatic heterocycles. The largest absolute Gasteiger partial charge is 0.375 e. The Kier molecular flexibility index (Phi) is 3.98. The van der Waals surface area contributed by atoms with Gasteiger partial charge in [0.15, 0.2) is 0 Å². The first kappa shape index (κ1) is 9.96. The van der Waals surface area contributed by atoms with Gasteiger partial charge in [0.25, 0.3) is 0 Å². The molecule has 0 atom stereocenters. The van der Waals surface area contributed by atoms with E-state index in [1.54, 1.807) is 0 Å². The van der Waals surface area contributed by atoms with Crippen LogP contribution in [0.3, 0.4) is 0 Å². The molecule has 12 heavy (non-hydrogen) atoms. The zero-order valence-electron chi connectivity index (χ0n) is 7.94. The predicted molar refractivity (Wildman–Crippen MR) is 50.1 cm³/mol. The van der Waals surface area contributed by atoms with Gasteiger partial charge in [-0.05, 0) is 45.8 Å². The van der Waals surface area contributed by atoms with Gasteiger partial charge < -0.3 is 15.8 Å². The van der Waals surface area contributed by atoms with E-state index in [1.807, 2.05) is 0 Å². The topological polar surface area (TPSA) is 47.3 Å². The van der Waals surface area contributed by atoms with Crippen molar-refractivity contribution in [3.05, 3.63) is 0 Å². The molecule has 72 valence electrons. The first-order chi connectivity index (χ1) is 5.83. The smallest absolute Gasteiger partial charge is 0.0718 e. The molecule has 0 radical (unpaired) electrons. The Labute approximate surface area is 74.7 Å². The van der Waals surface area contributed by atoms with Crippen LogP contribution in [0.25, 0.3) is 0 Å². The fourth-order valence-electron chi connectivity index (χ4n) is 1.92. The highest BCUT2D eigenvalue weighted by molar-refractivity contribution is 4.86. The number of piperidine rings is 1. The van der Waals surface area contributed by atoms with Crippen molar-refractivity contribution in [1.29, 1.82) is 0 Å². The monoisotopic (exact) mass is 172 g/mol. The van der Waals surface area contributed by atoms with E-state index in [4.69, 9.17) is 10.5 Å². The highest BCUT2D eigenvalue weighted by Crippen LogP contribution is 2.26. The molecule has 0 aromatic heterocycles. The number of rotatable bonds is 4. The van der Waals surface area contributed by atoms with Crippen LogP contribution in [0, 0.1) is 0 Å². The highest BCUT2D eigenvalue weighted by atomic mass is 16.5. The van der Waals surface area contributed by atoms with E-state index in [0.29, 0.717) is 0 Å². The first-order valence-electron chi connectivity index (χ1n) is 4.88. The molecule has 0 saturated carbocycles. The van der Waals surface area contributed by atoms with Gasteiger partial charge in [0.05, 0.1) is 5.60 Å². The lowest BCUT2D eigenvalue weighted by Crippen LogP contribution is -2.45. The Hall–Kier alpha value is -0.120. The third-order valence-electron chi connectivity index (χ3n) is 2.57. The second kappa shape index (κ2) is 4.80. The fourth-order valence-corrected chi connectivity index (χ4v) is 1.92. The molecule has 0 aliphatic carbocycles. The van der Waals surface area contributed by atoms with E-state index < -0.39 is 0 Å². The Bertz CT molecular complexity index is 106. The summed E-state index contributed by atoms with van der Waals surface area (Å²) in [7, 11) is 0. The van der Waals surface area contributed by atoms with Crippen LogP contribution in [0.5, 0.6) is 0 Å². The van der Waals surface area contributed by atoms with Crippen LogP contribution in [-0.4, -0.2) is 31.8 Å². The van der Waals surface area contributed by atoms with E-state index in [0.717, 1.165) is 45.5 Å². The minimum Gasteiger partial charge on any atom is -0.375 e. The molecular formula is C9H20N2O. The number of hydrogen-bond donors (Lipinski definition) is 2. The van der Waals surface area contributed by atoms with Crippen LogP contribution in [0.4, 0.5) is 0 Å². The van der Waals surface area contributed by atoms with Gasteiger partial charge in [-0.2, -0.15) is 0 Å². The average Bonchev–Trinajstić information content (AvgIpc) is 2.07. The van der Waals surface area contributed by atoms with Crippen molar-refractivity contribution in [2.45, 2.75) is 31.8 Å². The molecule has 0 aromatic rings. The summed E-state index contributed by atoms with van der Waals surface area (Å²) in [4.78, 5) is 0. The van der Waals surface area contributed by atoms with Crippen molar-refractivity contribution in [3.8, 4) is 0 Å². The van der Waals surface area contributed by atoms with Crippen molar-refractivity contribution in [3.63, 3.8) is 0 Å². The van der Waals surface area contributed by atoms with Gasteiger partial charge in [-0.3, -0.25) is 0 Å². The van der Waals surface area contributed by atoms with Gasteiger partial charge in [-0.25, -0.2) is 0 Å². The van der Waals surface area contributed by atoms with Crippen LogP contribution in [0.1, 0.15) is 26.2 Å². The second-order valence-electron chi connectivity index (χ2n) is 3.40. The fraction of sp³-hybridized carbons (Fsp3) is 1.00.